The minimum atomic E-state index is -0.646. The third-order valence-corrected chi connectivity index (χ3v) is 7.66. The summed E-state index contributed by atoms with van der Waals surface area (Å²) in [6, 6.07) is 25.4. The van der Waals surface area contributed by atoms with E-state index in [0.29, 0.717) is 18.7 Å². The van der Waals surface area contributed by atoms with Gasteiger partial charge < -0.3 is 15.0 Å². The van der Waals surface area contributed by atoms with Gasteiger partial charge in [-0.25, -0.2) is 0 Å². The zero-order chi connectivity index (χ0) is 27.8. The van der Waals surface area contributed by atoms with Crippen LogP contribution < -0.4 is 10.1 Å². The Balaban J connectivity index is 1.59. The third-order valence-electron chi connectivity index (χ3n) is 7.66. The van der Waals surface area contributed by atoms with Gasteiger partial charge in [0, 0.05) is 19.0 Å². The molecule has 0 saturated heterocycles. The number of amides is 2. The Kier molecular flexibility index (Phi) is 9.45. The standard InChI is InChI=1S/C34H42N2O3/c1-25-12-8-9-15-27(25)23-36(32(37)24-39-30-20-18-28(19-21-30)34(2,3)4)31(22-26-13-6-5-7-14-26)33(38)35-29-16-10-11-17-29/h5-9,12-15,18-21,29,31H,10-11,16-17,22-24H2,1-4H3,(H,35,38)/t31-/m1/s1. The molecule has 5 heteroatoms. The number of hydrogen-bond acceptors (Lipinski definition) is 3. The second-order valence-electron chi connectivity index (χ2n) is 11.7. The third kappa shape index (κ3) is 7.95. The summed E-state index contributed by atoms with van der Waals surface area (Å²) >= 11 is 0. The molecule has 0 unspecified atom stereocenters. The lowest BCUT2D eigenvalue weighted by atomic mass is 9.87. The summed E-state index contributed by atoms with van der Waals surface area (Å²) < 4.78 is 5.98. The lowest BCUT2D eigenvalue weighted by molar-refractivity contribution is -0.143. The van der Waals surface area contributed by atoms with Crippen molar-refractivity contribution in [1.29, 1.82) is 0 Å². The van der Waals surface area contributed by atoms with Crippen molar-refractivity contribution in [3.8, 4) is 5.75 Å². The number of ether oxygens (including phenoxy) is 1. The Labute approximate surface area is 233 Å². The van der Waals surface area contributed by atoms with E-state index in [1.807, 2.05) is 85.8 Å². The Bertz CT molecular complexity index is 1230. The Morgan fingerprint density at radius 1 is 0.923 bits per heavy atom. The van der Waals surface area contributed by atoms with Crippen LogP contribution in [0, 0.1) is 6.92 Å². The molecule has 1 aliphatic carbocycles. The van der Waals surface area contributed by atoms with E-state index in [2.05, 4.69) is 26.1 Å². The van der Waals surface area contributed by atoms with Gasteiger partial charge >= 0.3 is 0 Å². The average Bonchev–Trinajstić information content (AvgIpc) is 3.43. The van der Waals surface area contributed by atoms with Crippen molar-refractivity contribution in [3.63, 3.8) is 0 Å². The predicted molar refractivity (Wildman–Crippen MR) is 157 cm³/mol. The molecule has 206 valence electrons. The maximum Gasteiger partial charge on any atom is 0.261 e. The largest absolute Gasteiger partial charge is 0.484 e. The molecule has 2 amide bonds. The van der Waals surface area contributed by atoms with Crippen molar-refractivity contribution in [2.45, 2.75) is 83.8 Å². The van der Waals surface area contributed by atoms with E-state index in [4.69, 9.17) is 4.74 Å². The molecule has 1 aliphatic rings. The van der Waals surface area contributed by atoms with Crippen LogP contribution in [0.15, 0.2) is 78.9 Å². The monoisotopic (exact) mass is 526 g/mol. The van der Waals surface area contributed by atoms with E-state index in [1.54, 1.807) is 4.90 Å². The summed E-state index contributed by atoms with van der Waals surface area (Å²) in [5.74, 6) is 0.338. The molecular weight excluding hydrogens is 484 g/mol. The maximum absolute atomic E-state index is 13.9. The van der Waals surface area contributed by atoms with Gasteiger partial charge in [0.25, 0.3) is 5.91 Å². The fourth-order valence-corrected chi connectivity index (χ4v) is 5.17. The number of carbonyl (C=O) groups is 2. The van der Waals surface area contributed by atoms with Gasteiger partial charge in [-0.15, -0.1) is 0 Å². The summed E-state index contributed by atoms with van der Waals surface area (Å²) in [6.07, 6.45) is 4.67. The molecule has 5 nitrogen and oxygen atoms in total. The van der Waals surface area contributed by atoms with Crippen molar-refractivity contribution >= 4 is 11.8 Å². The Morgan fingerprint density at radius 3 is 2.21 bits per heavy atom. The van der Waals surface area contributed by atoms with Crippen LogP contribution in [-0.2, 0) is 28.0 Å². The van der Waals surface area contributed by atoms with E-state index < -0.39 is 6.04 Å². The molecule has 0 spiro atoms. The Hall–Kier alpha value is -3.60. The first-order valence-corrected chi connectivity index (χ1v) is 14.1. The number of nitrogens with zero attached hydrogens (tertiary/aromatic N) is 1. The SMILES string of the molecule is Cc1ccccc1CN(C(=O)COc1ccc(C(C)(C)C)cc1)[C@H](Cc1ccccc1)C(=O)NC1CCCC1. The number of benzene rings is 3. The van der Waals surface area contributed by atoms with E-state index in [9.17, 15) is 9.59 Å². The number of carbonyl (C=O) groups excluding carboxylic acids is 2. The fourth-order valence-electron chi connectivity index (χ4n) is 5.17. The first kappa shape index (κ1) is 28.4. The smallest absolute Gasteiger partial charge is 0.261 e. The molecule has 1 N–H and O–H groups in total. The van der Waals surface area contributed by atoms with E-state index in [0.717, 1.165) is 42.4 Å². The molecule has 3 aromatic rings. The van der Waals surface area contributed by atoms with E-state index >= 15 is 0 Å². The molecule has 0 aromatic heterocycles. The number of aryl methyl sites for hydroxylation is 1. The quantitative estimate of drug-likeness (QED) is 0.334. The minimum absolute atomic E-state index is 0.0377. The average molecular weight is 527 g/mol. The van der Waals surface area contributed by atoms with E-state index in [1.165, 1.54) is 5.56 Å². The molecule has 1 atom stereocenters. The highest BCUT2D eigenvalue weighted by Crippen LogP contribution is 2.25. The molecule has 0 aliphatic heterocycles. The highest BCUT2D eigenvalue weighted by molar-refractivity contribution is 5.88. The lowest BCUT2D eigenvalue weighted by Crippen LogP contribution is -2.53. The van der Waals surface area contributed by atoms with Gasteiger partial charge in [-0.2, -0.15) is 0 Å². The highest BCUT2D eigenvalue weighted by atomic mass is 16.5. The Morgan fingerprint density at radius 2 is 1.56 bits per heavy atom. The van der Waals surface area contributed by atoms with Crippen molar-refractivity contribution in [2.75, 3.05) is 6.61 Å². The van der Waals surface area contributed by atoms with Crippen LogP contribution in [0.5, 0.6) is 5.75 Å². The summed E-state index contributed by atoms with van der Waals surface area (Å²) in [5, 5.41) is 3.26. The molecule has 39 heavy (non-hydrogen) atoms. The van der Waals surface area contributed by atoms with Crippen LogP contribution in [0.25, 0.3) is 0 Å². The summed E-state index contributed by atoms with van der Waals surface area (Å²) in [4.78, 5) is 29.3. The molecule has 1 saturated carbocycles. The molecule has 0 radical (unpaired) electrons. The van der Waals surface area contributed by atoms with Gasteiger partial charge in [-0.3, -0.25) is 9.59 Å². The lowest BCUT2D eigenvalue weighted by Gasteiger charge is -2.32. The van der Waals surface area contributed by atoms with Crippen molar-refractivity contribution in [1.82, 2.24) is 10.2 Å². The van der Waals surface area contributed by atoms with Crippen LogP contribution in [0.1, 0.15) is 68.7 Å². The van der Waals surface area contributed by atoms with Gasteiger partial charge in [0.15, 0.2) is 6.61 Å². The molecule has 0 heterocycles. The molecule has 3 aromatic carbocycles. The minimum Gasteiger partial charge on any atom is -0.484 e. The first-order valence-electron chi connectivity index (χ1n) is 14.1. The van der Waals surface area contributed by atoms with Crippen LogP contribution in [-0.4, -0.2) is 35.4 Å². The summed E-state index contributed by atoms with van der Waals surface area (Å²) in [5.41, 5.74) is 4.37. The zero-order valence-electron chi connectivity index (χ0n) is 23.8. The van der Waals surface area contributed by atoms with Crippen LogP contribution in [0.2, 0.25) is 0 Å². The van der Waals surface area contributed by atoms with Crippen LogP contribution >= 0.6 is 0 Å². The van der Waals surface area contributed by atoms with Gasteiger partial charge in [0.05, 0.1) is 0 Å². The molecule has 1 fully saturated rings. The number of rotatable bonds is 10. The first-order chi connectivity index (χ1) is 18.7. The topological polar surface area (TPSA) is 58.6 Å². The van der Waals surface area contributed by atoms with Crippen LogP contribution in [0.4, 0.5) is 0 Å². The number of hydrogen-bond donors (Lipinski definition) is 1. The van der Waals surface area contributed by atoms with Crippen molar-refractivity contribution < 1.29 is 14.3 Å². The second kappa shape index (κ2) is 13.0. The van der Waals surface area contributed by atoms with Crippen molar-refractivity contribution in [2.24, 2.45) is 0 Å². The zero-order valence-corrected chi connectivity index (χ0v) is 23.8. The normalized spacial score (nSPS) is 14.6. The summed E-state index contributed by atoms with van der Waals surface area (Å²) in [6.45, 7) is 8.74. The fraction of sp³-hybridized carbons (Fsp3) is 0.412. The molecular formula is C34H42N2O3. The van der Waals surface area contributed by atoms with Gasteiger partial charge in [-0.05, 0) is 59.6 Å². The number of nitrogens with one attached hydrogen (secondary N) is 1. The van der Waals surface area contributed by atoms with Gasteiger partial charge in [0.1, 0.15) is 11.8 Å². The second-order valence-corrected chi connectivity index (χ2v) is 11.7. The molecule has 4 rings (SSSR count). The van der Waals surface area contributed by atoms with Crippen molar-refractivity contribution in [3.05, 3.63) is 101 Å². The molecule has 0 bridgehead atoms. The maximum atomic E-state index is 13.9. The van der Waals surface area contributed by atoms with Gasteiger partial charge in [0.2, 0.25) is 5.91 Å². The highest BCUT2D eigenvalue weighted by Gasteiger charge is 2.32. The predicted octanol–water partition coefficient (Wildman–Crippen LogP) is 6.37. The summed E-state index contributed by atoms with van der Waals surface area (Å²) in [7, 11) is 0. The van der Waals surface area contributed by atoms with Crippen LogP contribution in [0.3, 0.4) is 0 Å². The van der Waals surface area contributed by atoms with Gasteiger partial charge in [-0.1, -0.05) is 100 Å². The van der Waals surface area contributed by atoms with E-state index in [-0.39, 0.29) is 29.9 Å².